The number of anilines is 1. The summed E-state index contributed by atoms with van der Waals surface area (Å²) in [5.41, 5.74) is 3.13. The molecule has 0 saturated carbocycles. The van der Waals surface area contributed by atoms with Crippen LogP contribution in [0.2, 0.25) is 0 Å². The highest BCUT2D eigenvalue weighted by atomic mass is 32.1. The van der Waals surface area contributed by atoms with Crippen molar-refractivity contribution in [1.82, 2.24) is 4.98 Å². The van der Waals surface area contributed by atoms with Crippen molar-refractivity contribution in [3.63, 3.8) is 0 Å². The van der Waals surface area contributed by atoms with Crippen molar-refractivity contribution >= 4 is 16.5 Å². The average molecular weight is 244 g/mol. The van der Waals surface area contributed by atoms with E-state index in [9.17, 15) is 0 Å². The molecule has 0 radical (unpaired) electrons. The molecule has 0 bridgehead atoms. The Labute approximate surface area is 106 Å². The topological polar surface area (TPSA) is 24.9 Å². The zero-order valence-corrected chi connectivity index (χ0v) is 10.9. The molecule has 88 valence electrons. The highest BCUT2D eigenvalue weighted by molar-refractivity contribution is 7.13. The lowest BCUT2D eigenvalue weighted by Gasteiger charge is -2.28. The second-order valence-electron chi connectivity index (χ2n) is 5.28. The fourth-order valence-electron chi connectivity index (χ4n) is 2.68. The molecule has 17 heavy (non-hydrogen) atoms. The van der Waals surface area contributed by atoms with E-state index in [2.05, 4.69) is 48.4 Å². The molecular weight excluding hydrogens is 228 g/mol. The van der Waals surface area contributed by atoms with Gasteiger partial charge in [-0.05, 0) is 23.0 Å². The van der Waals surface area contributed by atoms with Crippen LogP contribution in [-0.2, 0) is 6.42 Å². The first-order chi connectivity index (χ1) is 8.17. The molecule has 1 aliphatic rings. The highest BCUT2D eigenvalue weighted by Gasteiger charge is 2.38. The Bertz CT molecular complexity index is 517. The molecule has 1 atom stereocenters. The maximum Gasteiger partial charge on any atom is 0.183 e. The molecule has 0 fully saturated rings. The van der Waals surface area contributed by atoms with Crippen LogP contribution in [0.15, 0.2) is 35.8 Å². The number of hydrogen-bond acceptors (Lipinski definition) is 3. The largest absolute Gasteiger partial charge is 0.354 e. The second kappa shape index (κ2) is 3.84. The summed E-state index contributed by atoms with van der Waals surface area (Å²) in [4.78, 5) is 4.33. The highest BCUT2D eigenvalue weighted by Crippen LogP contribution is 2.46. The predicted molar refractivity (Wildman–Crippen MR) is 72.4 cm³/mol. The zero-order chi connectivity index (χ0) is 11.9. The molecule has 0 saturated heterocycles. The van der Waals surface area contributed by atoms with Gasteiger partial charge in [0.15, 0.2) is 5.13 Å². The molecule has 0 spiro atoms. The molecule has 2 aromatic rings. The van der Waals surface area contributed by atoms with Gasteiger partial charge in [0, 0.05) is 11.6 Å². The Balaban J connectivity index is 1.97. The average Bonchev–Trinajstić information content (AvgIpc) is 2.86. The van der Waals surface area contributed by atoms with Crippen molar-refractivity contribution in [3.05, 3.63) is 47.0 Å². The van der Waals surface area contributed by atoms with Gasteiger partial charge in [0.25, 0.3) is 0 Å². The van der Waals surface area contributed by atoms with Gasteiger partial charge in [-0.25, -0.2) is 4.98 Å². The van der Waals surface area contributed by atoms with E-state index in [1.807, 2.05) is 11.6 Å². The Morgan fingerprint density at radius 1 is 1.35 bits per heavy atom. The van der Waals surface area contributed by atoms with E-state index >= 15 is 0 Å². The Morgan fingerprint density at radius 3 is 2.94 bits per heavy atom. The second-order valence-corrected chi connectivity index (χ2v) is 6.17. The maximum atomic E-state index is 4.33. The SMILES string of the molecule is CC1(C)Cc2ccccc2C1Nc1nccs1. The zero-order valence-electron chi connectivity index (χ0n) is 10.1. The summed E-state index contributed by atoms with van der Waals surface area (Å²) in [5.74, 6) is 0. The van der Waals surface area contributed by atoms with Gasteiger partial charge in [-0.2, -0.15) is 0 Å². The smallest absolute Gasteiger partial charge is 0.183 e. The molecule has 1 aromatic carbocycles. The number of nitrogens with one attached hydrogen (secondary N) is 1. The molecule has 3 rings (SSSR count). The standard InChI is InChI=1S/C14H16N2S/c1-14(2)9-10-5-3-4-6-11(10)12(14)16-13-15-7-8-17-13/h3-8,12H,9H2,1-2H3,(H,15,16). The molecule has 0 aliphatic heterocycles. The van der Waals surface area contributed by atoms with Crippen LogP contribution in [0, 0.1) is 5.41 Å². The third-order valence-electron chi connectivity index (χ3n) is 3.49. The first kappa shape index (κ1) is 10.8. The minimum absolute atomic E-state index is 0.245. The molecule has 3 heteroatoms. The summed E-state index contributed by atoms with van der Waals surface area (Å²) in [6, 6.07) is 9.08. The first-order valence-electron chi connectivity index (χ1n) is 5.91. The monoisotopic (exact) mass is 244 g/mol. The van der Waals surface area contributed by atoms with Gasteiger partial charge < -0.3 is 5.32 Å². The van der Waals surface area contributed by atoms with E-state index in [0.717, 1.165) is 11.6 Å². The van der Waals surface area contributed by atoms with Gasteiger partial charge in [0.05, 0.1) is 6.04 Å². The molecular formula is C14H16N2S. The molecule has 2 nitrogen and oxygen atoms in total. The van der Waals surface area contributed by atoms with Crippen LogP contribution >= 0.6 is 11.3 Å². The van der Waals surface area contributed by atoms with E-state index in [1.54, 1.807) is 11.3 Å². The summed E-state index contributed by atoms with van der Waals surface area (Å²) >= 11 is 1.66. The van der Waals surface area contributed by atoms with Crippen LogP contribution in [-0.4, -0.2) is 4.98 Å². The normalized spacial score (nSPS) is 21.2. The van der Waals surface area contributed by atoms with E-state index in [4.69, 9.17) is 0 Å². The van der Waals surface area contributed by atoms with Crippen molar-refractivity contribution in [2.24, 2.45) is 5.41 Å². The van der Waals surface area contributed by atoms with Gasteiger partial charge in [-0.1, -0.05) is 38.1 Å². The minimum atomic E-state index is 0.245. The van der Waals surface area contributed by atoms with Crippen molar-refractivity contribution in [2.75, 3.05) is 5.32 Å². The first-order valence-corrected chi connectivity index (χ1v) is 6.79. The van der Waals surface area contributed by atoms with Crippen molar-refractivity contribution in [2.45, 2.75) is 26.3 Å². The van der Waals surface area contributed by atoms with Gasteiger partial charge in [-0.3, -0.25) is 0 Å². The van der Waals surface area contributed by atoms with E-state index in [1.165, 1.54) is 11.1 Å². The quantitative estimate of drug-likeness (QED) is 0.867. The molecule has 1 N–H and O–H groups in total. The number of aromatic nitrogens is 1. The minimum Gasteiger partial charge on any atom is -0.354 e. The molecule has 1 heterocycles. The number of benzene rings is 1. The summed E-state index contributed by atoms with van der Waals surface area (Å²) < 4.78 is 0. The van der Waals surface area contributed by atoms with Gasteiger partial charge in [-0.15, -0.1) is 11.3 Å². The number of hydrogen-bond donors (Lipinski definition) is 1. The lowest BCUT2D eigenvalue weighted by molar-refractivity contribution is 0.337. The van der Waals surface area contributed by atoms with Crippen molar-refractivity contribution < 1.29 is 0 Å². The Hall–Kier alpha value is -1.35. The van der Waals surface area contributed by atoms with Crippen molar-refractivity contribution in [1.29, 1.82) is 0 Å². The third-order valence-corrected chi connectivity index (χ3v) is 4.20. The predicted octanol–water partition coefficient (Wildman–Crippen LogP) is 3.88. The van der Waals surface area contributed by atoms with Gasteiger partial charge >= 0.3 is 0 Å². The van der Waals surface area contributed by atoms with E-state index < -0.39 is 0 Å². The number of thiazole rings is 1. The third kappa shape index (κ3) is 1.84. The molecule has 1 aromatic heterocycles. The molecule has 1 aliphatic carbocycles. The number of nitrogens with zero attached hydrogens (tertiary/aromatic N) is 1. The fourth-order valence-corrected chi connectivity index (χ4v) is 3.24. The summed E-state index contributed by atoms with van der Waals surface area (Å²) in [6.45, 7) is 4.64. The summed E-state index contributed by atoms with van der Waals surface area (Å²) in [7, 11) is 0. The van der Waals surface area contributed by atoms with Crippen LogP contribution in [0.3, 0.4) is 0 Å². The van der Waals surface area contributed by atoms with E-state index in [0.29, 0.717) is 6.04 Å². The number of fused-ring (bicyclic) bond motifs is 1. The van der Waals surface area contributed by atoms with Crippen LogP contribution in [0.25, 0.3) is 0 Å². The van der Waals surface area contributed by atoms with E-state index in [-0.39, 0.29) is 5.41 Å². The molecule has 0 amide bonds. The lowest BCUT2D eigenvalue weighted by Crippen LogP contribution is -2.24. The molecule has 1 unspecified atom stereocenters. The number of rotatable bonds is 2. The van der Waals surface area contributed by atoms with Crippen LogP contribution in [0.4, 0.5) is 5.13 Å². The van der Waals surface area contributed by atoms with Crippen molar-refractivity contribution in [3.8, 4) is 0 Å². The van der Waals surface area contributed by atoms with Gasteiger partial charge in [0.2, 0.25) is 0 Å². The summed E-state index contributed by atoms with van der Waals surface area (Å²) in [6.07, 6.45) is 2.98. The fraction of sp³-hybridized carbons (Fsp3) is 0.357. The van der Waals surface area contributed by atoms with Gasteiger partial charge in [0.1, 0.15) is 0 Å². The summed E-state index contributed by atoms with van der Waals surface area (Å²) in [5, 5.41) is 6.60. The Morgan fingerprint density at radius 2 is 2.18 bits per heavy atom. The maximum absolute atomic E-state index is 4.33. The van der Waals surface area contributed by atoms with Crippen LogP contribution < -0.4 is 5.32 Å². The Kier molecular flexibility index (Phi) is 2.44. The van der Waals surface area contributed by atoms with Crippen LogP contribution in [0.1, 0.15) is 31.0 Å². The van der Waals surface area contributed by atoms with Crippen LogP contribution in [0.5, 0.6) is 0 Å². The lowest BCUT2D eigenvalue weighted by atomic mass is 9.85.